The second-order valence-electron chi connectivity index (χ2n) is 7.35. The van der Waals surface area contributed by atoms with Crippen LogP contribution in [0.3, 0.4) is 0 Å². The number of halogens is 1. The molecular formula is C27H21BrN2O5. The second-order valence-corrected chi connectivity index (χ2v) is 8.27. The van der Waals surface area contributed by atoms with Crippen LogP contribution < -0.4 is 19.6 Å². The largest absolute Gasteiger partial charge is 0.497 e. The molecule has 1 N–H and O–H groups in total. The fourth-order valence-electron chi connectivity index (χ4n) is 3.26. The van der Waals surface area contributed by atoms with Crippen LogP contribution in [0, 0.1) is 0 Å². The number of methoxy groups -OCH3 is 1. The van der Waals surface area contributed by atoms with E-state index in [9.17, 15) is 9.59 Å². The zero-order valence-electron chi connectivity index (χ0n) is 18.7. The van der Waals surface area contributed by atoms with Crippen LogP contribution in [0.1, 0.15) is 15.9 Å². The molecule has 0 saturated carbocycles. The number of rotatable bonds is 8. The van der Waals surface area contributed by atoms with E-state index >= 15 is 0 Å². The maximum atomic E-state index is 12.7. The summed E-state index contributed by atoms with van der Waals surface area (Å²) in [5.74, 6) is 0.563. The zero-order valence-corrected chi connectivity index (χ0v) is 20.3. The highest BCUT2D eigenvalue weighted by Crippen LogP contribution is 2.27. The Morgan fingerprint density at radius 2 is 1.63 bits per heavy atom. The number of esters is 1. The summed E-state index contributed by atoms with van der Waals surface area (Å²) in [6.07, 6.45) is 1.45. The molecule has 4 aromatic rings. The number of nitrogens with zero attached hydrogens (tertiary/aromatic N) is 1. The van der Waals surface area contributed by atoms with Crippen LogP contribution in [0.4, 0.5) is 0 Å². The number of amides is 1. The van der Waals surface area contributed by atoms with Crippen molar-refractivity contribution in [3.63, 3.8) is 0 Å². The fraction of sp³-hybridized carbons (Fsp3) is 0.0741. The van der Waals surface area contributed by atoms with Crippen LogP contribution in [-0.2, 0) is 4.79 Å². The van der Waals surface area contributed by atoms with Crippen molar-refractivity contribution in [2.24, 2.45) is 5.10 Å². The Kier molecular flexibility index (Phi) is 7.74. The first-order chi connectivity index (χ1) is 17.0. The minimum atomic E-state index is -0.524. The Hall–Kier alpha value is -4.17. The Labute approximate surface area is 210 Å². The van der Waals surface area contributed by atoms with Gasteiger partial charge in [0.25, 0.3) is 5.91 Å². The summed E-state index contributed by atoms with van der Waals surface area (Å²) in [6, 6.07) is 24.9. The van der Waals surface area contributed by atoms with Gasteiger partial charge in [0.05, 0.1) is 18.9 Å². The lowest BCUT2D eigenvalue weighted by Crippen LogP contribution is -2.24. The number of ether oxygens (including phenoxy) is 3. The summed E-state index contributed by atoms with van der Waals surface area (Å²) in [5.41, 5.74) is 3.37. The molecule has 176 valence electrons. The zero-order chi connectivity index (χ0) is 24.6. The van der Waals surface area contributed by atoms with Crippen molar-refractivity contribution < 1.29 is 23.8 Å². The topological polar surface area (TPSA) is 86.2 Å². The molecule has 0 fully saturated rings. The quantitative estimate of drug-likeness (QED) is 0.143. The van der Waals surface area contributed by atoms with Gasteiger partial charge in [-0.2, -0.15) is 5.10 Å². The van der Waals surface area contributed by atoms with Gasteiger partial charge in [-0.3, -0.25) is 4.79 Å². The van der Waals surface area contributed by atoms with Gasteiger partial charge in [0.2, 0.25) is 0 Å². The number of benzene rings is 4. The molecule has 0 aliphatic rings. The van der Waals surface area contributed by atoms with Crippen molar-refractivity contribution >= 4 is 44.8 Å². The highest BCUT2D eigenvalue weighted by atomic mass is 79.9. The Balaban J connectivity index is 1.49. The molecule has 35 heavy (non-hydrogen) atoms. The van der Waals surface area contributed by atoms with E-state index in [2.05, 4.69) is 26.5 Å². The maximum absolute atomic E-state index is 12.7. The second kappa shape index (κ2) is 11.3. The molecule has 1 amide bonds. The van der Waals surface area contributed by atoms with Gasteiger partial charge in [-0.15, -0.1) is 0 Å². The van der Waals surface area contributed by atoms with Crippen LogP contribution in [0.25, 0.3) is 10.8 Å². The Morgan fingerprint density at radius 1 is 0.914 bits per heavy atom. The van der Waals surface area contributed by atoms with Gasteiger partial charge in [0.1, 0.15) is 17.2 Å². The molecule has 0 bridgehead atoms. The minimum absolute atomic E-state index is 0.201. The van der Waals surface area contributed by atoms with E-state index in [1.54, 1.807) is 49.6 Å². The van der Waals surface area contributed by atoms with Crippen LogP contribution in [0.15, 0.2) is 94.5 Å². The van der Waals surface area contributed by atoms with Gasteiger partial charge in [0.15, 0.2) is 6.61 Å². The van der Waals surface area contributed by atoms with Crippen LogP contribution >= 0.6 is 15.9 Å². The van der Waals surface area contributed by atoms with Crippen molar-refractivity contribution in [2.45, 2.75) is 0 Å². The van der Waals surface area contributed by atoms with Crippen LogP contribution in [-0.4, -0.2) is 31.8 Å². The molecule has 0 aromatic heterocycles. The van der Waals surface area contributed by atoms with E-state index in [0.29, 0.717) is 28.4 Å². The van der Waals surface area contributed by atoms with Crippen LogP contribution in [0.5, 0.6) is 17.2 Å². The molecule has 0 saturated heterocycles. The monoisotopic (exact) mass is 532 g/mol. The van der Waals surface area contributed by atoms with E-state index < -0.39 is 11.9 Å². The predicted molar refractivity (Wildman–Crippen MR) is 137 cm³/mol. The molecule has 8 heteroatoms. The molecule has 0 spiro atoms. The van der Waals surface area contributed by atoms with Crippen molar-refractivity contribution in [3.05, 3.63) is 101 Å². The smallest absolute Gasteiger partial charge is 0.343 e. The SMILES string of the molecule is COc1ccc(C(=O)Oc2ccc3ccccc3c2/C=N\NC(=O)COc2ccc(Br)cc2)cc1. The first-order valence-electron chi connectivity index (χ1n) is 10.6. The maximum Gasteiger partial charge on any atom is 0.343 e. The molecule has 0 heterocycles. The van der Waals surface area contributed by atoms with Crippen molar-refractivity contribution in [1.29, 1.82) is 0 Å². The molecule has 4 aromatic carbocycles. The predicted octanol–water partition coefficient (Wildman–Crippen LogP) is 5.36. The number of hydrogen-bond acceptors (Lipinski definition) is 6. The minimum Gasteiger partial charge on any atom is -0.497 e. The highest BCUT2D eigenvalue weighted by molar-refractivity contribution is 9.10. The number of hydrazone groups is 1. The first kappa shape index (κ1) is 24.0. The standard InChI is InChI=1S/C27H21BrN2O5/c1-33-21-11-6-19(7-12-21)27(32)35-25-15-8-18-4-2-3-5-23(18)24(25)16-29-30-26(31)17-34-22-13-9-20(28)10-14-22/h2-16H,17H2,1H3,(H,30,31)/b29-16-. The summed E-state index contributed by atoms with van der Waals surface area (Å²) in [6.45, 7) is -0.201. The van der Waals surface area contributed by atoms with E-state index in [4.69, 9.17) is 14.2 Å². The average molecular weight is 533 g/mol. The van der Waals surface area contributed by atoms with Gasteiger partial charge >= 0.3 is 5.97 Å². The van der Waals surface area contributed by atoms with Gasteiger partial charge in [-0.05, 0) is 65.4 Å². The normalized spacial score (nSPS) is 10.8. The van der Waals surface area contributed by atoms with E-state index in [0.717, 1.165) is 15.2 Å². The van der Waals surface area contributed by atoms with Crippen LogP contribution in [0.2, 0.25) is 0 Å². The van der Waals surface area contributed by atoms with Crippen molar-refractivity contribution in [2.75, 3.05) is 13.7 Å². The summed E-state index contributed by atoms with van der Waals surface area (Å²) < 4.78 is 17.2. The molecule has 0 unspecified atom stereocenters. The average Bonchev–Trinajstić information content (AvgIpc) is 2.89. The number of nitrogens with one attached hydrogen (secondary N) is 1. The van der Waals surface area contributed by atoms with E-state index in [-0.39, 0.29) is 6.61 Å². The Morgan fingerprint density at radius 3 is 2.37 bits per heavy atom. The third-order valence-electron chi connectivity index (χ3n) is 5.03. The van der Waals surface area contributed by atoms with E-state index in [1.807, 2.05) is 42.5 Å². The highest BCUT2D eigenvalue weighted by Gasteiger charge is 2.14. The number of carbonyl (C=O) groups is 2. The van der Waals surface area contributed by atoms with Gasteiger partial charge in [-0.25, -0.2) is 10.2 Å². The summed E-state index contributed by atoms with van der Waals surface area (Å²) in [4.78, 5) is 24.9. The van der Waals surface area contributed by atoms with Gasteiger partial charge < -0.3 is 14.2 Å². The molecule has 0 aliphatic heterocycles. The Bertz CT molecular complexity index is 1370. The van der Waals surface area contributed by atoms with E-state index in [1.165, 1.54) is 6.21 Å². The molecule has 7 nitrogen and oxygen atoms in total. The molecular weight excluding hydrogens is 512 g/mol. The number of carbonyl (C=O) groups excluding carboxylic acids is 2. The molecule has 4 rings (SSSR count). The van der Waals surface area contributed by atoms with Crippen molar-refractivity contribution in [1.82, 2.24) is 5.43 Å². The van der Waals surface area contributed by atoms with Gasteiger partial charge in [-0.1, -0.05) is 46.3 Å². The first-order valence-corrected chi connectivity index (χ1v) is 11.4. The number of fused-ring (bicyclic) bond motifs is 1. The summed E-state index contributed by atoms with van der Waals surface area (Å²) >= 11 is 3.35. The summed E-state index contributed by atoms with van der Waals surface area (Å²) in [5, 5.41) is 5.81. The van der Waals surface area contributed by atoms with Crippen molar-refractivity contribution in [3.8, 4) is 17.2 Å². The lowest BCUT2D eigenvalue weighted by Gasteiger charge is -2.11. The fourth-order valence-corrected chi connectivity index (χ4v) is 3.53. The molecule has 0 radical (unpaired) electrons. The van der Waals surface area contributed by atoms with Gasteiger partial charge in [0, 0.05) is 10.0 Å². The third-order valence-corrected chi connectivity index (χ3v) is 5.55. The lowest BCUT2D eigenvalue weighted by atomic mass is 10.0. The summed E-state index contributed by atoms with van der Waals surface area (Å²) in [7, 11) is 1.56. The molecule has 0 atom stereocenters. The lowest BCUT2D eigenvalue weighted by molar-refractivity contribution is -0.123. The number of hydrogen-bond donors (Lipinski definition) is 1. The third kappa shape index (κ3) is 6.24. The molecule has 0 aliphatic carbocycles.